The normalized spacial score (nSPS) is 10.9. The number of nitrogens with zero attached hydrogens (tertiary/aromatic N) is 1. The molecule has 1 heterocycles. The Morgan fingerprint density at radius 2 is 1.77 bits per heavy atom. The highest BCUT2D eigenvalue weighted by Gasteiger charge is 2.12. The maximum absolute atomic E-state index is 12.2. The highest BCUT2D eigenvalue weighted by Crippen LogP contribution is 2.36. The number of rotatable bonds is 6. The monoisotopic (exact) mass is 415 g/mol. The van der Waals surface area contributed by atoms with Crippen molar-refractivity contribution in [3.05, 3.63) is 88.8 Å². The van der Waals surface area contributed by atoms with E-state index in [2.05, 4.69) is 73.6 Å². The number of hydrogen-bond acceptors (Lipinski definition) is 4. The summed E-state index contributed by atoms with van der Waals surface area (Å²) in [4.78, 5) is 15.6. The van der Waals surface area contributed by atoms with Gasteiger partial charge in [0.1, 0.15) is 0 Å². The first-order valence-electron chi connectivity index (χ1n) is 10.1. The van der Waals surface area contributed by atoms with Crippen molar-refractivity contribution in [3.8, 4) is 11.1 Å². The number of esters is 1. The van der Waals surface area contributed by atoms with Crippen LogP contribution >= 0.6 is 11.3 Å². The number of anilines is 1. The van der Waals surface area contributed by atoms with Crippen LogP contribution in [0.25, 0.3) is 21.2 Å². The van der Waals surface area contributed by atoms with Gasteiger partial charge in [0.15, 0.2) is 0 Å². The lowest BCUT2D eigenvalue weighted by Gasteiger charge is -2.13. The van der Waals surface area contributed by atoms with E-state index in [0.717, 1.165) is 17.5 Å². The summed E-state index contributed by atoms with van der Waals surface area (Å²) in [5.74, 6) is -0.279. The van der Waals surface area contributed by atoms with Gasteiger partial charge >= 0.3 is 5.97 Å². The number of fused-ring (bicyclic) bond motifs is 1. The number of carbonyl (C=O) groups is 1. The van der Waals surface area contributed by atoms with Crippen LogP contribution in [0.5, 0.6) is 0 Å². The fraction of sp³-hybridized carbons (Fsp3) is 0.192. The first-order chi connectivity index (χ1) is 14.5. The number of thiophene rings is 1. The molecule has 0 aliphatic heterocycles. The molecule has 0 radical (unpaired) electrons. The first-order valence-corrected chi connectivity index (χ1v) is 10.9. The molecule has 3 aromatic carbocycles. The molecule has 0 bridgehead atoms. The molecule has 152 valence electrons. The van der Waals surface area contributed by atoms with Crippen LogP contribution in [0, 0.1) is 0 Å². The van der Waals surface area contributed by atoms with Crippen molar-refractivity contribution in [3.63, 3.8) is 0 Å². The molecule has 0 saturated heterocycles. The van der Waals surface area contributed by atoms with Crippen LogP contribution in [0.1, 0.15) is 27.7 Å². The van der Waals surface area contributed by atoms with Gasteiger partial charge in [0, 0.05) is 35.8 Å². The number of hydrogen-bond donors (Lipinski definition) is 0. The fourth-order valence-corrected chi connectivity index (χ4v) is 4.83. The first kappa shape index (κ1) is 20.2. The minimum atomic E-state index is -0.279. The Kier molecular flexibility index (Phi) is 5.86. The Labute approximate surface area is 181 Å². The van der Waals surface area contributed by atoms with Gasteiger partial charge in [-0.1, -0.05) is 42.5 Å². The third-order valence-electron chi connectivity index (χ3n) is 5.09. The van der Waals surface area contributed by atoms with Crippen LogP contribution in [0.3, 0.4) is 0 Å². The van der Waals surface area contributed by atoms with E-state index in [4.69, 9.17) is 4.74 Å². The summed E-state index contributed by atoms with van der Waals surface area (Å²) >= 11 is 1.82. The van der Waals surface area contributed by atoms with E-state index in [1.165, 1.54) is 26.2 Å². The molecule has 1 aromatic heterocycles. The summed E-state index contributed by atoms with van der Waals surface area (Å²) < 4.78 is 6.41. The standard InChI is InChI=1S/C26H25NO2S/c1-4-29-26(28)21-11-6-9-19(16-21)24-13-7-10-20-17-23(30-25(20)24)15-18-8-5-12-22(14-18)27(2)3/h5-14,16-17H,4,15H2,1-3H3. The van der Waals surface area contributed by atoms with E-state index >= 15 is 0 Å². The molecule has 0 spiro atoms. The molecule has 0 amide bonds. The summed E-state index contributed by atoms with van der Waals surface area (Å²) in [7, 11) is 4.13. The van der Waals surface area contributed by atoms with E-state index in [9.17, 15) is 4.79 Å². The van der Waals surface area contributed by atoms with Crippen molar-refractivity contribution in [1.29, 1.82) is 0 Å². The number of carbonyl (C=O) groups excluding carboxylic acids is 1. The van der Waals surface area contributed by atoms with Crippen LogP contribution in [-0.4, -0.2) is 26.7 Å². The van der Waals surface area contributed by atoms with Crippen LogP contribution in [0.2, 0.25) is 0 Å². The Morgan fingerprint density at radius 1 is 0.967 bits per heavy atom. The third kappa shape index (κ3) is 4.24. The summed E-state index contributed by atoms with van der Waals surface area (Å²) in [6.45, 7) is 2.20. The van der Waals surface area contributed by atoms with Crippen LogP contribution in [-0.2, 0) is 11.2 Å². The Morgan fingerprint density at radius 3 is 2.57 bits per heavy atom. The van der Waals surface area contributed by atoms with Crippen molar-refractivity contribution in [2.45, 2.75) is 13.3 Å². The summed E-state index contributed by atoms with van der Waals surface area (Å²) in [5.41, 5.74) is 5.29. The molecule has 30 heavy (non-hydrogen) atoms. The molecule has 0 aliphatic rings. The SMILES string of the molecule is CCOC(=O)c1cccc(-c2cccc3cc(Cc4cccc(N(C)C)c4)sc23)c1. The van der Waals surface area contributed by atoms with E-state index in [1.54, 1.807) is 6.07 Å². The van der Waals surface area contributed by atoms with Gasteiger partial charge in [-0.25, -0.2) is 4.79 Å². The van der Waals surface area contributed by atoms with Crippen molar-refractivity contribution in [2.24, 2.45) is 0 Å². The average Bonchev–Trinajstić information content (AvgIpc) is 3.16. The predicted molar refractivity (Wildman–Crippen MR) is 127 cm³/mol. The number of ether oxygens (including phenoxy) is 1. The second-order valence-electron chi connectivity index (χ2n) is 7.48. The Hall–Kier alpha value is -3.11. The lowest BCUT2D eigenvalue weighted by atomic mass is 10.0. The molecule has 0 fully saturated rings. The zero-order valence-corrected chi connectivity index (χ0v) is 18.3. The minimum absolute atomic E-state index is 0.279. The molecule has 0 unspecified atom stereocenters. The Bertz CT molecular complexity index is 1190. The largest absolute Gasteiger partial charge is 0.462 e. The molecule has 0 atom stereocenters. The second kappa shape index (κ2) is 8.72. The number of benzene rings is 3. The lowest BCUT2D eigenvalue weighted by Crippen LogP contribution is -2.08. The van der Waals surface area contributed by atoms with Crippen molar-refractivity contribution < 1.29 is 9.53 Å². The van der Waals surface area contributed by atoms with Crippen molar-refractivity contribution in [1.82, 2.24) is 0 Å². The van der Waals surface area contributed by atoms with Crippen LogP contribution in [0.15, 0.2) is 72.8 Å². The molecule has 4 rings (SSSR count). The molecule has 4 aromatic rings. The maximum Gasteiger partial charge on any atom is 0.338 e. The predicted octanol–water partition coefficient (Wildman–Crippen LogP) is 6.40. The summed E-state index contributed by atoms with van der Waals surface area (Å²) in [6, 6.07) is 25.0. The van der Waals surface area contributed by atoms with Crippen molar-refractivity contribution in [2.75, 3.05) is 25.6 Å². The van der Waals surface area contributed by atoms with Gasteiger partial charge in [-0.2, -0.15) is 0 Å². The van der Waals surface area contributed by atoms with E-state index in [1.807, 2.05) is 30.4 Å². The van der Waals surface area contributed by atoms with E-state index < -0.39 is 0 Å². The van der Waals surface area contributed by atoms with E-state index in [-0.39, 0.29) is 5.97 Å². The second-order valence-corrected chi connectivity index (χ2v) is 8.62. The van der Waals surface area contributed by atoms with Gasteiger partial charge < -0.3 is 9.64 Å². The molecular formula is C26H25NO2S. The highest BCUT2D eigenvalue weighted by molar-refractivity contribution is 7.19. The summed E-state index contributed by atoms with van der Waals surface area (Å²) in [5, 5.41) is 1.23. The third-order valence-corrected chi connectivity index (χ3v) is 6.27. The maximum atomic E-state index is 12.2. The topological polar surface area (TPSA) is 29.5 Å². The van der Waals surface area contributed by atoms with E-state index in [0.29, 0.717) is 12.2 Å². The smallest absolute Gasteiger partial charge is 0.338 e. The van der Waals surface area contributed by atoms with Gasteiger partial charge in [0.25, 0.3) is 0 Å². The fourth-order valence-electron chi connectivity index (χ4n) is 3.60. The lowest BCUT2D eigenvalue weighted by molar-refractivity contribution is 0.0526. The van der Waals surface area contributed by atoms with Crippen molar-refractivity contribution >= 4 is 33.1 Å². The summed E-state index contributed by atoms with van der Waals surface area (Å²) in [6.07, 6.45) is 0.906. The van der Waals surface area contributed by atoms with Gasteiger partial charge in [0.2, 0.25) is 0 Å². The van der Waals surface area contributed by atoms with Gasteiger partial charge in [-0.15, -0.1) is 11.3 Å². The molecular weight excluding hydrogens is 390 g/mol. The van der Waals surface area contributed by atoms with Gasteiger partial charge in [0.05, 0.1) is 12.2 Å². The zero-order chi connectivity index (χ0) is 21.1. The van der Waals surface area contributed by atoms with Crippen LogP contribution in [0.4, 0.5) is 5.69 Å². The van der Waals surface area contributed by atoms with Gasteiger partial charge in [-0.05, 0) is 59.3 Å². The van der Waals surface area contributed by atoms with Crippen LogP contribution < -0.4 is 4.90 Å². The molecule has 0 N–H and O–H groups in total. The molecule has 0 aliphatic carbocycles. The average molecular weight is 416 g/mol. The quantitative estimate of drug-likeness (QED) is 0.341. The molecule has 3 nitrogen and oxygen atoms in total. The molecule has 0 saturated carbocycles. The van der Waals surface area contributed by atoms with Gasteiger partial charge in [-0.3, -0.25) is 0 Å². The Balaban J connectivity index is 1.69. The highest BCUT2D eigenvalue weighted by atomic mass is 32.1. The zero-order valence-electron chi connectivity index (χ0n) is 17.5. The molecule has 4 heteroatoms. The minimum Gasteiger partial charge on any atom is -0.462 e.